The molecule has 3 aliphatic heterocycles. The lowest BCUT2D eigenvalue weighted by atomic mass is 9.77. The fourth-order valence-corrected chi connectivity index (χ4v) is 9.14. The van der Waals surface area contributed by atoms with Gasteiger partial charge in [-0.05, 0) is 80.2 Å². The molecular weight excluding hydrogens is 702 g/mol. The standard InChI is InChI=1S/C41H57N7O7/c1-24(2)34(45-39(50)52-5)37(49)47-19-8-10-33(47)36-44-31(22-54-36)29-17-13-27(14-18-29)26-11-15-28(16-12-26)30-21-42-35(43-30)32-9-7-20-48(32)38-41(23-55-38,25(3)4)46-40(51)53-6/h11-12,15-16,21-22,24-25,27,29,32-34,38H,7-10,13-14,17-20,23H2,1-6H3,(H,42,43)(H,45,50)(H,46,51)/t27?,29?,32?,33?,34-,38?,41+/m0/s1. The SMILES string of the molecule is COC(=O)N[C@H](C(=O)N1CCCC1c1nc(C2CCC(c3ccc(-c4cnc(C5CCCN5C5OC[C@@]5(NC(=O)OC)C(C)C)[nH]4)cc3)CC2)co1)C(C)C. The molecule has 1 aromatic carbocycles. The zero-order valence-electron chi connectivity index (χ0n) is 33.0. The van der Waals surface area contributed by atoms with Crippen LogP contribution in [0.3, 0.4) is 0 Å². The molecule has 1 aliphatic carbocycles. The summed E-state index contributed by atoms with van der Waals surface area (Å²) in [6, 6.07) is 8.03. The summed E-state index contributed by atoms with van der Waals surface area (Å²) in [4.78, 5) is 55.3. The highest BCUT2D eigenvalue weighted by Gasteiger charge is 2.57. The van der Waals surface area contributed by atoms with Gasteiger partial charge in [0.1, 0.15) is 35.9 Å². The van der Waals surface area contributed by atoms with Crippen molar-refractivity contribution in [1.29, 1.82) is 0 Å². The summed E-state index contributed by atoms with van der Waals surface area (Å²) in [7, 11) is 2.69. The Kier molecular flexibility index (Phi) is 11.5. The number of alkyl carbamates (subject to hydrolysis) is 2. The van der Waals surface area contributed by atoms with E-state index in [0.717, 1.165) is 80.7 Å². The van der Waals surface area contributed by atoms with E-state index in [-0.39, 0.29) is 36.1 Å². The second-order valence-corrected chi connectivity index (χ2v) is 16.4. The van der Waals surface area contributed by atoms with Gasteiger partial charge in [-0.25, -0.2) is 19.6 Å². The second kappa shape index (κ2) is 16.4. The summed E-state index contributed by atoms with van der Waals surface area (Å²) in [5.74, 6) is 2.22. The molecule has 3 N–H and O–H groups in total. The molecule has 2 aromatic heterocycles. The number of hydrogen-bond acceptors (Lipinski definition) is 10. The molecule has 0 radical (unpaired) electrons. The van der Waals surface area contributed by atoms with Gasteiger partial charge in [0.2, 0.25) is 11.8 Å². The first-order valence-electron chi connectivity index (χ1n) is 20.0. The number of amides is 3. The number of imidazole rings is 1. The molecule has 7 rings (SSSR count). The molecule has 0 spiro atoms. The van der Waals surface area contributed by atoms with Gasteiger partial charge in [0.05, 0.1) is 44.5 Å². The number of hydrogen-bond donors (Lipinski definition) is 3. The molecule has 3 saturated heterocycles. The molecule has 4 aliphatic rings. The predicted molar refractivity (Wildman–Crippen MR) is 204 cm³/mol. The maximum Gasteiger partial charge on any atom is 0.407 e. The smallest absolute Gasteiger partial charge is 0.407 e. The number of likely N-dealkylation sites (tertiary alicyclic amines) is 2. The van der Waals surface area contributed by atoms with Crippen LogP contribution < -0.4 is 10.6 Å². The molecule has 14 heteroatoms. The summed E-state index contributed by atoms with van der Waals surface area (Å²) in [5.41, 5.74) is 3.88. The molecule has 4 fully saturated rings. The Morgan fingerprint density at radius 1 is 0.909 bits per heavy atom. The predicted octanol–water partition coefficient (Wildman–Crippen LogP) is 6.79. The number of H-pyrrole nitrogens is 1. The maximum atomic E-state index is 13.5. The fourth-order valence-electron chi connectivity index (χ4n) is 9.14. The summed E-state index contributed by atoms with van der Waals surface area (Å²) in [5, 5.41) is 5.79. The largest absolute Gasteiger partial charge is 0.453 e. The number of carbonyl (C=O) groups excluding carboxylic acids is 3. The van der Waals surface area contributed by atoms with Gasteiger partial charge in [-0.15, -0.1) is 0 Å². The van der Waals surface area contributed by atoms with Crippen molar-refractivity contribution in [2.45, 2.75) is 121 Å². The van der Waals surface area contributed by atoms with Crippen LogP contribution in [-0.2, 0) is 19.0 Å². The van der Waals surface area contributed by atoms with Gasteiger partial charge in [-0.3, -0.25) is 9.69 Å². The van der Waals surface area contributed by atoms with E-state index >= 15 is 0 Å². The maximum absolute atomic E-state index is 13.5. The number of nitrogens with one attached hydrogen (secondary N) is 3. The van der Waals surface area contributed by atoms with Gasteiger partial charge in [0.15, 0.2) is 0 Å². The van der Waals surface area contributed by atoms with Gasteiger partial charge in [-0.2, -0.15) is 0 Å². The first-order chi connectivity index (χ1) is 26.5. The third kappa shape index (κ3) is 7.72. The van der Waals surface area contributed by atoms with Gasteiger partial charge in [-0.1, -0.05) is 52.0 Å². The number of rotatable bonds is 11. The van der Waals surface area contributed by atoms with Crippen molar-refractivity contribution < 1.29 is 33.0 Å². The van der Waals surface area contributed by atoms with Crippen LogP contribution in [0.2, 0.25) is 0 Å². The molecule has 14 nitrogen and oxygen atoms in total. The molecule has 298 valence electrons. The lowest BCUT2D eigenvalue weighted by Crippen LogP contribution is -2.75. The van der Waals surface area contributed by atoms with E-state index in [1.165, 1.54) is 19.8 Å². The Balaban J connectivity index is 0.947. The van der Waals surface area contributed by atoms with Crippen LogP contribution in [0, 0.1) is 11.8 Å². The van der Waals surface area contributed by atoms with Crippen LogP contribution in [0.15, 0.2) is 41.1 Å². The molecule has 0 bridgehead atoms. The topological polar surface area (TPSA) is 164 Å². The molecule has 1 saturated carbocycles. The van der Waals surface area contributed by atoms with Gasteiger partial charge in [0.25, 0.3) is 0 Å². The monoisotopic (exact) mass is 759 g/mol. The molecule has 3 amide bonds. The summed E-state index contributed by atoms with van der Waals surface area (Å²) in [6.45, 7) is 9.96. The molecule has 5 atom stereocenters. The Morgan fingerprint density at radius 3 is 2.25 bits per heavy atom. The number of ether oxygens (including phenoxy) is 3. The number of benzene rings is 1. The summed E-state index contributed by atoms with van der Waals surface area (Å²) < 4.78 is 21.9. The van der Waals surface area contributed by atoms with Crippen LogP contribution in [0.25, 0.3) is 11.3 Å². The molecular formula is C41H57N7O7. The third-order valence-electron chi connectivity index (χ3n) is 12.6. The number of aromatic nitrogens is 3. The Labute approximate surface area is 323 Å². The van der Waals surface area contributed by atoms with E-state index in [2.05, 4.69) is 58.6 Å². The first-order valence-corrected chi connectivity index (χ1v) is 20.0. The number of oxazole rings is 1. The lowest BCUT2D eigenvalue weighted by molar-refractivity contribution is -0.237. The number of carbonyl (C=O) groups is 3. The van der Waals surface area contributed by atoms with E-state index in [1.807, 2.05) is 20.0 Å². The molecule has 3 aromatic rings. The van der Waals surface area contributed by atoms with Crippen LogP contribution >= 0.6 is 0 Å². The second-order valence-electron chi connectivity index (χ2n) is 16.4. The number of methoxy groups -OCH3 is 2. The van der Waals surface area contributed by atoms with Crippen molar-refractivity contribution in [2.24, 2.45) is 11.8 Å². The van der Waals surface area contributed by atoms with E-state index < -0.39 is 23.8 Å². The fraction of sp³-hybridized carbons (Fsp3) is 0.634. The minimum absolute atomic E-state index is 0.0686. The minimum atomic E-state index is -0.677. The van der Waals surface area contributed by atoms with Crippen molar-refractivity contribution in [3.63, 3.8) is 0 Å². The zero-order chi connectivity index (χ0) is 38.9. The number of aromatic amines is 1. The van der Waals surface area contributed by atoms with Crippen molar-refractivity contribution in [1.82, 2.24) is 35.4 Å². The van der Waals surface area contributed by atoms with Crippen LogP contribution in [0.4, 0.5) is 9.59 Å². The number of nitrogens with zero attached hydrogens (tertiary/aromatic N) is 4. The highest BCUT2D eigenvalue weighted by molar-refractivity contribution is 5.86. The molecule has 5 heterocycles. The Hall–Kier alpha value is -4.43. The summed E-state index contributed by atoms with van der Waals surface area (Å²) in [6.07, 6.45) is 10.2. The van der Waals surface area contributed by atoms with E-state index in [9.17, 15) is 14.4 Å². The average Bonchev–Trinajstić information content (AvgIpc) is 4.02. The van der Waals surface area contributed by atoms with E-state index in [1.54, 1.807) is 11.2 Å². The third-order valence-corrected chi connectivity index (χ3v) is 12.6. The van der Waals surface area contributed by atoms with Crippen molar-refractivity contribution in [3.05, 3.63) is 59.7 Å². The van der Waals surface area contributed by atoms with Crippen LogP contribution in [-0.4, -0.2) is 94.6 Å². The van der Waals surface area contributed by atoms with E-state index in [4.69, 9.17) is 28.6 Å². The van der Waals surface area contributed by atoms with Crippen LogP contribution in [0.1, 0.15) is 126 Å². The normalized spacial score (nSPS) is 27.6. The van der Waals surface area contributed by atoms with Gasteiger partial charge < -0.3 is 39.1 Å². The van der Waals surface area contributed by atoms with Crippen molar-refractivity contribution in [2.75, 3.05) is 33.9 Å². The Bertz CT molecular complexity index is 1800. The van der Waals surface area contributed by atoms with Crippen molar-refractivity contribution >= 4 is 18.1 Å². The Morgan fingerprint density at radius 2 is 1.60 bits per heavy atom. The average molecular weight is 760 g/mol. The molecule has 3 unspecified atom stereocenters. The van der Waals surface area contributed by atoms with Crippen LogP contribution in [0.5, 0.6) is 0 Å². The summed E-state index contributed by atoms with van der Waals surface area (Å²) >= 11 is 0. The minimum Gasteiger partial charge on any atom is -0.453 e. The van der Waals surface area contributed by atoms with Gasteiger partial charge >= 0.3 is 12.2 Å². The van der Waals surface area contributed by atoms with Crippen molar-refractivity contribution in [3.8, 4) is 11.3 Å². The molecule has 55 heavy (non-hydrogen) atoms. The highest BCUT2D eigenvalue weighted by Crippen LogP contribution is 2.44. The van der Waals surface area contributed by atoms with Gasteiger partial charge in [0, 0.05) is 19.0 Å². The quantitative estimate of drug-likeness (QED) is 0.190. The highest BCUT2D eigenvalue weighted by atomic mass is 16.6. The zero-order valence-corrected chi connectivity index (χ0v) is 33.0. The first kappa shape index (κ1) is 38.8. The lowest BCUT2D eigenvalue weighted by Gasteiger charge is -2.55. The van der Waals surface area contributed by atoms with E-state index in [0.29, 0.717) is 30.9 Å².